The number of benzene rings is 2. The third kappa shape index (κ3) is 4.70. The van der Waals surface area contributed by atoms with Gasteiger partial charge in [0.15, 0.2) is 6.10 Å². The molecule has 1 atom stereocenters. The third-order valence-electron chi connectivity index (χ3n) is 3.46. The van der Waals surface area contributed by atoms with Crippen LogP contribution in [0.3, 0.4) is 0 Å². The van der Waals surface area contributed by atoms with Crippen LogP contribution in [0, 0.1) is 0 Å². The molecule has 0 aliphatic carbocycles. The molecule has 0 aliphatic heterocycles. The Morgan fingerprint density at radius 1 is 1.00 bits per heavy atom. The standard InChI is InChI=1S/C18H20ClNO5/c1-11(25-13-7-5-6-12(8-13)22-2)18(21)20-15-10-16(23-3)14(19)9-17(15)24-4/h5-11H,1-4H3,(H,20,21). The van der Waals surface area contributed by atoms with Gasteiger partial charge in [-0.25, -0.2) is 0 Å². The molecule has 1 unspecified atom stereocenters. The van der Waals surface area contributed by atoms with E-state index in [1.807, 2.05) is 0 Å². The van der Waals surface area contributed by atoms with Crippen LogP contribution in [0.25, 0.3) is 0 Å². The van der Waals surface area contributed by atoms with Gasteiger partial charge in [-0.05, 0) is 19.1 Å². The quantitative estimate of drug-likeness (QED) is 0.809. The zero-order valence-corrected chi connectivity index (χ0v) is 15.2. The van der Waals surface area contributed by atoms with Crippen molar-refractivity contribution in [3.05, 3.63) is 41.4 Å². The van der Waals surface area contributed by atoms with Crippen LogP contribution in [0.1, 0.15) is 6.92 Å². The van der Waals surface area contributed by atoms with Gasteiger partial charge in [0, 0.05) is 18.2 Å². The summed E-state index contributed by atoms with van der Waals surface area (Å²) in [6.07, 6.45) is -0.738. The summed E-state index contributed by atoms with van der Waals surface area (Å²) in [6, 6.07) is 10.2. The average Bonchev–Trinajstić information content (AvgIpc) is 2.62. The smallest absolute Gasteiger partial charge is 0.265 e. The lowest BCUT2D eigenvalue weighted by Gasteiger charge is -2.17. The van der Waals surface area contributed by atoms with E-state index in [2.05, 4.69) is 5.32 Å². The fraction of sp³-hybridized carbons (Fsp3) is 0.278. The van der Waals surface area contributed by atoms with E-state index in [1.165, 1.54) is 14.2 Å². The molecule has 7 heteroatoms. The second-order valence-electron chi connectivity index (χ2n) is 5.12. The molecule has 0 spiro atoms. The van der Waals surface area contributed by atoms with Crippen LogP contribution in [-0.2, 0) is 4.79 Å². The van der Waals surface area contributed by atoms with Gasteiger partial charge >= 0.3 is 0 Å². The van der Waals surface area contributed by atoms with Crippen molar-refractivity contribution in [3.63, 3.8) is 0 Å². The number of nitrogens with one attached hydrogen (secondary N) is 1. The maximum Gasteiger partial charge on any atom is 0.265 e. The predicted octanol–water partition coefficient (Wildman–Crippen LogP) is 3.77. The van der Waals surface area contributed by atoms with Crippen LogP contribution in [0.5, 0.6) is 23.0 Å². The van der Waals surface area contributed by atoms with Crippen LogP contribution in [0.4, 0.5) is 5.69 Å². The van der Waals surface area contributed by atoms with Crippen LogP contribution in [-0.4, -0.2) is 33.3 Å². The topological polar surface area (TPSA) is 66.0 Å². The molecule has 1 amide bonds. The van der Waals surface area contributed by atoms with E-state index >= 15 is 0 Å². The molecule has 2 rings (SSSR count). The molecule has 2 aromatic carbocycles. The van der Waals surface area contributed by atoms with E-state index in [4.69, 9.17) is 30.5 Å². The summed E-state index contributed by atoms with van der Waals surface area (Å²) in [4.78, 5) is 12.4. The number of ether oxygens (including phenoxy) is 4. The van der Waals surface area contributed by atoms with Gasteiger partial charge < -0.3 is 24.3 Å². The first kappa shape index (κ1) is 18.7. The molecule has 0 heterocycles. The van der Waals surface area contributed by atoms with Gasteiger partial charge in [0.25, 0.3) is 5.91 Å². The minimum absolute atomic E-state index is 0.342. The molecule has 2 aromatic rings. The predicted molar refractivity (Wildman–Crippen MR) is 96.3 cm³/mol. The number of rotatable bonds is 7. The highest BCUT2D eigenvalue weighted by atomic mass is 35.5. The van der Waals surface area contributed by atoms with Crippen LogP contribution in [0.15, 0.2) is 36.4 Å². The van der Waals surface area contributed by atoms with Gasteiger partial charge in [0.2, 0.25) is 0 Å². The van der Waals surface area contributed by atoms with Crippen molar-refractivity contribution in [2.75, 3.05) is 26.6 Å². The highest BCUT2D eigenvalue weighted by Crippen LogP contribution is 2.36. The molecule has 134 valence electrons. The Kier molecular flexibility index (Phi) is 6.36. The van der Waals surface area contributed by atoms with E-state index in [0.717, 1.165) is 0 Å². The summed E-state index contributed by atoms with van der Waals surface area (Å²) in [5.74, 6) is 1.69. The second-order valence-corrected chi connectivity index (χ2v) is 5.52. The van der Waals surface area contributed by atoms with E-state index in [0.29, 0.717) is 33.7 Å². The maximum absolute atomic E-state index is 12.4. The Labute approximate surface area is 151 Å². The second kappa shape index (κ2) is 8.48. The van der Waals surface area contributed by atoms with E-state index < -0.39 is 6.10 Å². The molecule has 0 aromatic heterocycles. The molecule has 6 nitrogen and oxygen atoms in total. The lowest BCUT2D eigenvalue weighted by molar-refractivity contribution is -0.122. The average molecular weight is 366 g/mol. The first-order chi connectivity index (χ1) is 12.0. The minimum atomic E-state index is -0.738. The number of carbonyl (C=O) groups excluding carboxylic acids is 1. The maximum atomic E-state index is 12.4. The number of carbonyl (C=O) groups is 1. The monoisotopic (exact) mass is 365 g/mol. The highest BCUT2D eigenvalue weighted by molar-refractivity contribution is 6.32. The van der Waals surface area contributed by atoms with Crippen LogP contribution in [0.2, 0.25) is 5.02 Å². The van der Waals surface area contributed by atoms with Gasteiger partial charge in [-0.2, -0.15) is 0 Å². The van der Waals surface area contributed by atoms with Gasteiger partial charge in [0.1, 0.15) is 23.0 Å². The van der Waals surface area contributed by atoms with Gasteiger partial charge in [-0.15, -0.1) is 0 Å². The molecule has 25 heavy (non-hydrogen) atoms. The van der Waals surface area contributed by atoms with E-state index in [1.54, 1.807) is 50.4 Å². The number of halogens is 1. The molecular formula is C18H20ClNO5. The van der Waals surface area contributed by atoms with E-state index in [-0.39, 0.29) is 5.91 Å². The fourth-order valence-electron chi connectivity index (χ4n) is 2.12. The van der Waals surface area contributed by atoms with Crippen LogP contribution < -0.4 is 24.3 Å². The van der Waals surface area contributed by atoms with Crippen molar-refractivity contribution >= 4 is 23.2 Å². The van der Waals surface area contributed by atoms with Crippen molar-refractivity contribution < 1.29 is 23.7 Å². The molecule has 0 aliphatic rings. The molecule has 1 N–H and O–H groups in total. The Balaban J connectivity index is 2.12. The molecule has 0 fully saturated rings. The zero-order chi connectivity index (χ0) is 18.4. The van der Waals surface area contributed by atoms with Crippen LogP contribution >= 0.6 is 11.6 Å². The highest BCUT2D eigenvalue weighted by Gasteiger charge is 2.18. The van der Waals surface area contributed by atoms with Crippen molar-refractivity contribution in [1.82, 2.24) is 0 Å². The third-order valence-corrected chi connectivity index (χ3v) is 3.75. The van der Waals surface area contributed by atoms with Gasteiger partial charge in [0.05, 0.1) is 32.0 Å². The SMILES string of the molecule is COc1cccc(OC(C)C(=O)Nc2cc(OC)c(Cl)cc2OC)c1. The summed E-state index contributed by atoms with van der Waals surface area (Å²) < 4.78 is 21.2. The van der Waals surface area contributed by atoms with Crippen molar-refractivity contribution in [2.45, 2.75) is 13.0 Å². The largest absolute Gasteiger partial charge is 0.497 e. The number of anilines is 1. The minimum Gasteiger partial charge on any atom is -0.497 e. The Bertz CT molecular complexity index is 750. The molecule has 0 bridgehead atoms. The van der Waals surface area contributed by atoms with E-state index in [9.17, 15) is 4.79 Å². The van der Waals surface area contributed by atoms with Crippen molar-refractivity contribution in [1.29, 1.82) is 0 Å². The van der Waals surface area contributed by atoms with Gasteiger partial charge in [-0.3, -0.25) is 4.79 Å². The Morgan fingerprint density at radius 2 is 1.68 bits per heavy atom. The van der Waals surface area contributed by atoms with Crippen molar-refractivity contribution in [2.24, 2.45) is 0 Å². The normalized spacial score (nSPS) is 11.4. The van der Waals surface area contributed by atoms with Crippen molar-refractivity contribution in [3.8, 4) is 23.0 Å². The summed E-state index contributed by atoms with van der Waals surface area (Å²) in [6.45, 7) is 1.65. The number of hydrogen-bond donors (Lipinski definition) is 1. The van der Waals surface area contributed by atoms with Gasteiger partial charge in [-0.1, -0.05) is 17.7 Å². The zero-order valence-electron chi connectivity index (χ0n) is 14.5. The molecular weight excluding hydrogens is 346 g/mol. The molecule has 0 radical (unpaired) electrons. The Morgan fingerprint density at radius 3 is 2.32 bits per heavy atom. The molecule has 0 saturated heterocycles. The summed E-state index contributed by atoms with van der Waals surface area (Å²) in [5, 5.41) is 3.14. The Hall–Kier alpha value is -2.60. The number of hydrogen-bond acceptors (Lipinski definition) is 5. The summed E-state index contributed by atoms with van der Waals surface area (Å²) in [5.41, 5.74) is 0.440. The summed E-state index contributed by atoms with van der Waals surface area (Å²) >= 11 is 6.06. The molecule has 0 saturated carbocycles. The first-order valence-electron chi connectivity index (χ1n) is 7.51. The lowest BCUT2D eigenvalue weighted by Crippen LogP contribution is -2.30. The fourth-order valence-corrected chi connectivity index (χ4v) is 2.36. The number of amides is 1. The lowest BCUT2D eigenvalue weighted by atomic mass is 10.2. The first-order valence-corrected chi connectivity index (χ1v) is 7.89. The number of methoxy groups -OCH3 is 3. The summed E-state index contributed by atoms with van der Waals surface area (Å²) in [7, 11) is 4.55.